The van der Waals surface area contributed by atoms with Crippen LogP contribution in [0.25, 0.3) is 0 Å². The minimum absolute atomic E-state index is 0.110. The van der Waals surface area contributed by atoms with Crippen molar-refractivity contribution >= 4 is 11.6 Å². The van der Waals surface area contributed by atoms with Gasteiger partial charge in [0.05, 0.1) is 0 Å². The van der Waals surface area contributed by atoms with Crippen molar-refractivity contribution in [1.29, 1.82) is 0 Å². The molecule has 0 aromatic heterocycles. The van der Waals surface area contributed by atoms with Crippen molar-refractivity contribution in [2.75, 3.05) is 6.54 Å². The summed E-state index contributed by atoms with van der Waals surface area (Å²) in [4.78, 5) is 26.2. The second-order valence-electron chi connectivity index (χ2n) is 6.97. The van der Waals surface area contributed by atoms with E-state index in [2.05, 4.69) is 17.9 Å². The van der Waals surface area contributed by atoms with Gasteiger partial charge in [0, 0.05) is 48.2 Å². The molecule has 1 saturated heterocycles. The number of piperidine rings is 1. The Bertz CT molecular complexity index is 559. The molecule has 0 radical (unpaired) electrons. The molecule has 0 aromatic rings. The zero-order chi connectivity index (χ0) is 13.9. The van der Waals surface area contributed by atoms with Gasteiger partial charge in [-0.2, -0.15) is 0 Å². The first-order valence-corrected chi connectivity index (χ1v) is 7.84. The van der Waals surface area contributed by atoms with Crippen molar-refractivity contribution in [1.82, 2.24) is 4.90 Å². The Morgan fingerprint density at radius 2 is 2.05 bits per heavy atom. The summed E-state index contributed by atoms with van der Waals surface area (Å²) in [5.41, 5.74) is 2.50. The first-order chi connectivity index (χ1) is 9.59. The van der Waals surface area contributed by atoms with E-state index in [1.165, 1.54) is 11.4 Å². The van der Waals surface area contributed by atoms with Gasteiger partial charge in [-0.3, -0.25) is 9.59 Å². The van der Waals surface area contributed by atoms with Crippen molar-refractivity contribution in [2.45, 2.75) is 45.4 Å². The highest BCUT2D eigenvalue weighted by atomic mass is 16.1. The minimum atomic E-state index is -0.110. The molecule has 2 fully saturated rings. The average molecular weight is 271 g/mol. The van der Waals surface area contributed by atoms with Crippen molar-refractivity contribution in [3.63, 3.8) is 0 Å². The fraction of sp³-hybridized carbons (Fsp3) is 0.647. The van der Waals surface area contributed by atoms with Crippen LogP contribution in [0.15, 0.2) is 23.5 Å². The molecule has 0 amide bonds. The predicted octanol–water partition coefficient (Wildman–Crippen LogP) is 2.83. The zero-order valence-electron chi connectivity index (χ0n) is 12.0. The maximum absolute atomic E-state index is 12.2. The lowest BCUT2D eigenvalue weighted by atomic mass is 9.63. The van der Waals surface area contributed by atoms with E-state index >= 15 is 0 Å². The number of ketones is 2. The fourth-order valence-corrected chi connectivity index (χ4v) is 4.85. The van der Waals surface area contributed by atoms with Gasteiger partial charge in [-0.15, -0.1) is 0 Å². The van der Waals surface area contributed by atoms with Gasteiger partial charge in [0.2, 0.25) is 0 Å². The van der Waals surface area contributed by atoms with Gasteiger partial charge in [0.25, 0.3) is 0 Å². The SMILES string of the molecule is C[C@]12CC=C3[C@@H](CCC4=CC(=O)CCN43)[C@@H]1CCC2=O. The first-order valence-electron chi connectivity index (χ1n) is 7.84. The van der Waals surface area contributed by atoms with Gasteiger partial charge in [-0.25, -0.2) is 0 Å². The van der Waals surface area contributed by atoms with Gasteiger partial charge in [-0.05, 0) is 31.6 Å². The predicted molar refractivity (Wildman–Crippen MR) is 75.7 cm³/mol. The maximum Gasteiger partial charge on any atom is 0.159 e. The Morgan fingerprint density at radius 1 is 1.20 bits per heavy atom. The second kappa shape index (κ2) is 4.06. The third-order valence-corrected chi connectivity index (χ3v) is 6.02. The molecule has 2 aliphatic heterocycles. The average Bonchev–Trinajstić information content (AvgIpc) is 2.74. The third kappa shape index (κ3) is 1.52. The van der Waals surface area contributed by atoms with Crippen molar-refractivity contribution in [3.05, 3.63) is 23.5 Å². The van der Waals surface area contributed by atoms with Gasteiger partial charge in [0.15, 0.2) is 5.78 Å². The molecule has 0 unspecified atom stereocenters. The smallest absolute Gasteiger partial charge is 0.159 e. The largest absolute Gasteiger partial charge is 0.348 e. The summed E-state index contributed by atoms with van der Waals surface area (Å²) in [7, 11) is 0. The lowest BCUT2D eigenvalue weighted by Gasteiger charge is -2.49. The Kier molecular flexibility index (Phi) is 2.51. The van der Waals surface area contributed by atoms with Crippen LogP contribution in [0.4, 0.5) is 0 Å². The molecule has 0 aromatic carbocycles. The van der Waals surface area contributed by atoms with Gasteiger partial charge in [-0.1, -0.05) is 13.0 Å². The van der Waals surface area contributed by atoms with E-state index < -0.39 is 0 Å². The number of allylic oxidation sites excluding steroid dienone is 4. The summed E-state index contributed by atoms with van der Waals surface area (Å²) < 4.78 is 0. The highest BCUT2D eigenvalue weighted by Gasteiger charge is 2.53. The van der Waals surface area contributed by atoms with Crippen LogP contribution >= 0.6 is 0 Å². The summed E-state index contributed by atoms with van der Waals surface area (Å²) >= 11 is 0. The van der Waals surface area contributed by atoms with Gasteiger partial charge >= 0.3 is 0 Å². The Balaban J connectivity index is 1.72. The van der Waals surface area contributed by atoms with Crippen molar-refractivity contribution in [2.24, 2.45) is 17.3 Å². The quantitative estimate of drug-likeness (QED) is 0.680. The van der Waals surface area contributed by atoms with E-state index in [1.807, 2.05) is 6.08 Å². The molecule has 4 aliphatic rings. The first kappa shape index (κ1) is 12.4. The number of hydrogen-bond donors (Lipinski definition) is 0. The van der Waals surface area contributed by atoms with E-state index in [0.717, 1.165) is 38.6 Å². The normalized spacial score (nSPS) is 39.8. The molecule has 2 heterocycles. The van der Waals surface area contributed by atoms with Crippen molar-refractivity contribution < 1.29 is 9.59 Å². The minimum Gasteiger partial charge on any atom is -0.348 e. The molecule has 0 bridgehead atoms. The number of carbonyl (C=O) groups is 2. The number of carbonyl (C=O) groups excluding carboxylic acids is 2. The van der Waals surface area contributed by atoms with E-state index in [9.17, 15) is 9.59 Å². The molecule has 3 heteroatoms. The number of fused-ring (bicyclic) bond motifs is 5. The van der Waals surface area contributed by atoms with Gasteiger partial charge < -0.3 is 4.90 Å². The topological polar surface area (TPSA) is 37.4 Å². The van der Waals surface area contributed by atoms with Gasteiger partial charge in [0.1, 0.15) is 5.78 Å². The van der Waals surface area contributed by atoms with E-state index in [1.54, 1.807) is 0 Å². The van der Waals surface area contributed by atoms with Crippen LogP contribution < -0.4 is 0 Å². The highest BCUT2D eigenvalue weighted by Crippen LogP contribution is 2.56. The zero-order valence-corrected chi connectivity index (χ0v) is 12.0. The third-order valence-electron chi connectivity index (χ3n) is 6.02. The second-order valence-corrected chi connectivity index (χ2v) is 6.97. The van der Waals surface area contributed by atoms with Crippen LogP contribution in [0.5, 0.6) is 0 Å². The summed E-state index contributed by atoms with van der Waals surface area (Å²) in [6.07, 6.45) is 9.59. The van der Waals surface area contributed by atoms with Crippen LogP contribution in [0.3, 0.4) is 0 Å². The van der Waals surface area contributed by atoms with E-state index in [4.69, 9.17) is 0 Å². The number of Topliss-reactive ketones (excluding diaryl/α,β-unsaturated/α-hetero) is 1. The van der Waals surface area contributed by atoms with Crippen LogP contribution in [-0.4, -0.2) is 23.0 Å². The molecule has 20 heavy (non-hydrogen) atoms. The van der Waals surface area contributed by atoms with E-state index in [-0.39, 0.29) is 11.2 Å². The highest BCUT2D eigenvalue weighted by molar-refractivity contribution is 5.91. The number of rotatable bonds is 0. The molecular weight excluding hydrogens is 250 g/mol. The summed E-state index contributed by atoms with van der Waals surface area (Å²) in [5.74, 6) is 1.79. The van der Waals surface area contributed by atoms with Crippen LogP contribution in [-0.2, 0) is 9.59 Å². The molecular formula is C17H21NO2. The summed E-state index contributed by atoms with van der Waals surface area (Å²) in [6, 6.07) is 0. The number of nitrogens with zero attached hydrogens (tertiary/aromatic N) is 1. The fourth-order valence-electron chi connectivity index (χ4n) is 4.85. The van der Waals surface area contributed by atoms with Crippen molar-refractivity contribution in [3.8, 4) is 0 Å². The molecule has 3 nitrogen and oxygen atoms in total. The maximum atomic E-state index is 12.2. The van der Waals surface area contributed by atoms with E-state index in [0.29, 0.717) is 24.0 Å². The summed E-state index contributed by atoms with van der Waals surface area (Å²) in [6.45, 7) is 3.01. The Hall–Kier alpha value is -1.38. The molecule has 4 rings (SSSR count). The molecule has 3 atom stereocenters. The summed E-state index contributed by atoms with van der Waals surface area (Å²) in [5, 5.41) is 0. The van der Waals surface area contributed by atoms with Crippen LogP contribution in [0.2, 0.25) is 0 Å². The van der Waals surface area contributed by atoms with Crippen LogP contribution in [0.1, 0.15) is 45.4 Å². The molecule has 0 spiro atoms. The standard InChI is InChI=1S/C17H21NO2/c1-17-8-6-15-13(14(17)4-5-16(17)20)3-2-11-10-12(19)7-9-18(11)15/h6,10,13-14H,2-5,7-9H2,1H3/t13-,14-,17-/m0/s1. The molecule has 2 aliphatic carbocycles. The number of hydrogen-bond acceptors (Lipinski definition) is 3. The lowest BCUT2D eigenvalue weighted by Crippen LogP contribution is -2.45. The molecule has 1 saturated carbocycles. The lowest BCUT2D eigenvalue weighted by molar-refractivity contribution is -0.127. The Labute approximate surface area is 119 Å². The Morgan fingerprint density at radius 3 is 2.90 bits per heavy atom. The monoisotopic (exact) mass is 271 g/mol. The van der Waals surface area contributed by atoms with Crippen LogP contribution in [0, 0.1) is 17.3 Å². The molecule has 0 N–H and O–H groups in total. The molecule has 106 valence electrons.